The van der Waals surface area contributed by atoms with Crippen LogP contribution in [0.3, 0.4) is 0 Å². The molecular weight excluding hydrogens is 398 g/mol. The lowest BCUT2D eigenvalue weighted by atomic mass is 10.1. The maximum atomic E-state index is 5.53. The van der Waals surface area contributed by atoms with E-state index in [1.807, 2.05) is 20.8 Å². The lowest BCUT2D eigenvalue weighted by Gasteiger charge is -2.13. The van der Waals surface area contributed by atoms with Crippen LogP contribution >= 0.6 is 0 Å². The van der Waals surface area contributed by atoms with Gasteiger partial charge in [0.25, 0.3) is 0 Å². The Balaban J connectivity index is -0.0000000917. The summed E-state index contributed by atoms with van der Waals surface area (Å²) < 4.78 is 0. The molecule has 1 heterocycles. The van der Waals surface area contributed by atoms with Crippen LogP contribution in [-0.4, -0.2) is 56.9 Å². The topological polar surface area (TPSA) is 154 Å². The summed E-state index contributed by atoms with van der Waals surface area (Å²) in [4.78, 5) is 0. The van der Waals surface area contributed by atoms with Crippen LogP contribution in [0.4, 0.5) is 0 Å². The van der Waals surface area contributed by atoms with E-state index in [1.54, 1.807) is 0 Å². The van der Waals surface area contributed by atoms with Crippen molar-refractivity contribution in [3.05, 3.63) is 0 Å². The van der Waals surface area contributed by atoms with Crippen LogP contribution in [0, 0.1) is 5.92 Å². The Morgan fingerprint density at radius 1 is 0.750 bits per heavy atom. The van der Waals surface area contributed by atoms with E-state index in [2.05, 4.69) is 59.1 Å². The Morgan fingerprint density at radius 3 is 1.03 bits per heavy atom. The predicted octanol–water partition coefficient (Wildman–Crippen LogP) is 3.15. The SMILES string of the molecule is C1CNCCN1.CC(C)CN.CCC(C)(C)N.CCC(C)N.CCC(N)CC.CCCN. The van der Waals surface area contributed by atoms with Crippen LogP contribution in [0.5, 0.6) is 0 Å². The van der Waals surface area contributed by atoms with E-state index in [0.29, 0.717) is 18.0 Å². The van der Waals surface area contributed by atoms with Gasteiger partial charge in [0, 0.05) is 43.8 Å². The van der Waals surface area contributed by atoms with Crippen LogP contribution in [-0.2, 0) is 0 Å². The van der Waals surface area contributed by atoms with Gasteiger partial charge in [-0.1, -0.05) is 48.5 Å². The van der Waals surface area contributed by atoms with Crippen LogP contribution < -0.4 is 39.3 Å². The average Bonchev–Trinajstić information content (AvgIpc) is 2.80. The Hall–Kier alpha value is -0.280. The van der Waals surface area contributed by atoms with E-state index < -0.39 is 0 Å². The number of rotatable bonds is 6. The molecule has 202 valence electrons. The van der Waals surface area contributed by atoms with Gasteiger partial charge in [-0.2, -0.15) is 0 Å². The van der Waals surface area contributed by atoms with E-state index in [4.69, 9.17) is 28.7 Å². The third-order valence-corrected chi connectivity index (χ3v) is 4.32. The number of nitrogens with one attached hydrogen (secondary N) is 2. The van der Waals surface area contributed by atoms with Crippen LogP contribution in [0.2, 0.25) is 0 Å². The van der Waals surface area contributed by atoms with Crippen molar-refractivity contribution >= 4 is 0 Å². The highest BCUT2D eigenvalue weighted by Crippen LogP contribution is 1.99. The summed E-state index contributed by atoms with van der Waals surface area (Å²) in [6.07, 6.45) is 5.44. The molecule has 1 aliphatic heterocycles. The standard InChI is InChI=1S/2C5H13N.C4H10N2.2C4H11N.C3H9N/c1-4-5(2,3)6;1-3-5(6)4-2;1-2-6-4-3-5-1;1-4(2)3-5;1-3-4(2)5;1-2-3-4/h4,6H2,1-3H3;5H,3-4,6H2,1-2H3;5-6H,1-4H2;2*4H,3,5H2,1-2H3;2-4H2,1H3. The highest BCUT2D eigenvalue weighted by atomic mass is 15.0. The zero-order chi connectivity index (χ0) is 26.4. The van der Waals surface area contributed by atoms with Gasteiger partial charge in [0.1, 0.15) is 0 Å². The molecule has 0 aliphatic carbocycles. The summed E-state index contributed by atoms with van der Waals surface area (Å²) in [5, 5.41) is 6.44. The Kier molecular flexibility index (Phi) is 46.3. The molecule has 0 bridgehead atoms. The largest absolute Gasteiger partial charge is 0.330 e. The maximum absolute atomic E-state index is 5.53. The fourth-order valence-corrected chi connectivity index (χ4v) is 0.892. The number of piperazine rings is 1. The highest BCUT2D eigenvalue weighted by Gasteiger charge is 2.03. The first kappa shape index (κ1) is 41.9. The Labute approximate surface area is 203 Å². The molecule has 0 amide bonds. The van der Waals surface area contributed by atoms with Crippen molar-refractivity contribution in [1.82, 2.24) is 10.6 Å². The molecule has 0 aromatic heterocycles. The molecule has 1 aliphatic rings. The smallest absolute Gasteiger partial charge is 0.00944 e. The number of nitrogens with two attached hydrogens (primary N) is 5. The molecule has 0 aromatic carbocycles. The first-order valence-corrected chi connectivity index (χ1v) is 12.9. The van der Waals surface area contributed by atoms with Gasteiger partial charge in [-0.3, -0.25) is 0 Å². The van der Waals surface area contributed by atoms with E-state index in [1.165, 1.54) is 0 Å². The molecule has 0 aromatic rings. The molecule has 7 nitrogen and oxygen atoms in total. The first-order chi connectivity index (χ1) is 14.8. The van der Waals surface area contributed by atoms with Gasteiger partial charge >= 0.3 is 0 Å². The van der Waals surface area contributed by atoms with Crippen molar-refractivity contribution in [2.75, 3.05) is 39.3 Å². The van der Waals surface area contributed by atoms with E-state index in [9.17, 15) is 0 Å². The van der Waals surface area contributed by atoms with Crippen LogP contribution in [0.15, 0.2) is 0 Å². The third-order valence-electron chi connectivity index (χ3n) is 4.32. The molecule has 0 spiro atoms. The fourth-order valence-electron chi connectivity index (χ4n) is 0.892. The Bertz CT molecular complexity index is 250. The van der Waals surface area contributed by atoms with Crippen molar-refractivity contribution in [2.24, 2.45) is 34.6 Å². The van der Waals surface area contributed by atoms with E-state index in [0.717, 1.165) is 71.4 Å². The summed E-state index contributed by atoms with van der Waals surface area (Å²) in [5.41, 5.74) is 26.5. The minimum atomic E-state index is 0.0417. The predicted molar refractivity (Wildman–Crippen MR) is 150 cm³/mol. The van der Waals surface area contributed by atoms with Crippen LogP contribution in [0.25, 0.3) is 0 Å². The van der Waals surface area contributed by atoms with Crippen LogP contribution in [0.1, 0.15) is 101 Å². The Morgan fingerprint density at radius 2 is 1.00 bits per heavy atom. The van der Waals surface area contributed by atoms with Gasteiger partial charge in [-0.15, -0.1) is 0 Å². The van der Waals surface area contributed by atoms with E-state index in [-0.39, 0.29) is 5.54 Å². The van der Waals surface area contributed by atoms with Gasteiger partial charge in [-0.25, -0.2) is 0 Å². The number of hydrogen-bond donors (Lipinski definition) is 7. The highest BCUT2D eigenvalue weighted by molar-refractivity contribution is 4.67. The lowest BCUT2D eigenvalue weighted by molar-refractivity contribution is 0.501. The van der Waals surface area contributed by atoms with Gasteiger partial charge in [0.15, 0.2) is 0 Å². The van der Waals surface area contributed by atoms with Gasteiger partial charge in [-0.05, 0) is 71.9 Å². The molecule has 32 heavy (non-hydrogen) atoms. The zero-order valence-corrected chi connectivity index (χ0v) is 23.9. The zero-order valence-electron chi connectivity index (χ0n) is 23.9. The molecule has 7 heteroatoms. The number of hydrogen-bond acceptors (Lipinski definition) is 7. The summed E-state index contributed by atoms with van der Waals surface area (Å²) >= 11 is 0. The fraction of sp³-hybridized carbons (Fsp3) is 1.00. The first-order valence-electron chi connectivity index (χ1n) is 12.9. The second kappa shape index (κ2) is 35.3. The van der Waals surface area contributed by atoms with Crippen molar-refractivity contribution in [1.29, 1.82) is 0 Å². The van der Waals surface area contributed by atoms with Crippen molar-refractivity contribution in [3.8, 4) is 0 Å². The molecule has 1 saturated heterocycles. The normalized spacial score (nSPS) is 13.4. The van der Waals surface area contributed by atoms with Gasteiger partial charge in [0.2, 0.25) is 0 Å². The van der Waals surface area contributed by atoms with Crippen molar-refractivity contribution < 1.29 is 0 Å². The summed E-state index contributed by atoms with van der Waals surface area (Å²) in [7, 11) is 0. The monoisotopic (exact) mass is 466 g/mol. The quantitative estimate of drug-likeness (QED) is 0.318. The molecule has 1 rings (SSSR count). The minimum Gasteiger partial charge on any atom is -0.330 e. The van der Waals surface area contributed by atoms with Gasteiger partial charge in [0.05, 0.1) is 0 Å². The van der Waals surface area contributed by atoms with Crippen molar-refractivity contribution in [3.63, 3.8) is 0 Å². The minimum absolute atomic E-state index is 0.0417. The molecular formula is C25H67N7. The lowest BCUT2D eigenvalue weighted by Crippen LogP contribution is -2.39. The molecule has 0 radical (unpaired) electrons. The second-order valence-corrected chi connectivity index (χ2v) is 9.22. The average molecular weight is 466 g/mol. The van der Waals surface area contributed by atoms with Crippen molar-refractivity contribution in [2.45, 2.75) is 119 Å². The van der Waals surface area contributed by atoms with Gasteiger partial charge < -0.3 is 39.3 Å². The molecule has 0 saturated carbocycles. The molecule has 1 unspecified atom stereocenters. The summed E-state index contributed by atoms with van der Waals surface area (Å²) in [6.45, 7) is 26.8. The summed E-state index contributed by atoms with van der Waals surface area (Å²) in [5.74, 6) is 0.662. The summed E-state index contributed by atoms with van der Waals surface area (Å²) in [6, 6.07) is 0.819. The molecule has 12 N–H and O–H groups in total. The molecule has 1 fully saturated rings. The third kappa shape index (κ3) is 78.1. The second-order valence-electron chi connectivity index (χ2n) is 9.22. The molecule has 1 atom stereocenters. The maximum Gasteiger partial charge on any atom is 0.00944 e. The van der Waals surface area contributed by atoms with E-state index >= 15 is 0 Å².